The van der Waals surface area contributed by atoms with E-state index in [-0.39, 0.29) is 5.56 Å². The van der Waals surface area contributed by atoms with Crippen LogP contribution in [0.15, 0.2) is 10.9 Å². The lowest BCUT2D eigenvalue weighted by molar-refractivity contribution is 0.0695. The summed E-state index contributed by atoms with van der Waals surface area (Å²) in [4.78, 5) is 23.8. The predicted octanol–water partition coefficient (Wildman–Crippen LogP) is 1.86. The zero-order chi connectivity index (χ0) is 11.8. The minimum atomic E-state index is -1.25. The molecule has 0 spiro atoms. The molecule has 0 unspecified atom stereocenters. The number of aromatic carboxylic acids is 1. The predicted molar refractivity (Wildman–Crippen MR) is 57.6 cm³/mol. The third-order valence-corrected chi connectivity index (χ3v) is 2.31. The number of carboxylic acid groups (broad SMARTS) is 1. The Bertz CT molecular complexity index is 457. The van der Waals surface area contributed by atoms with Gasteiger partial charge in [0.05, 0.1) is 4.87 Å². The van der Waals surface area contributed by atoms with Crippen LogP contribution >= 0.6 is 11.6 Å². The van der Waals surface area contributed by atoms with Gasteiger partial charge in [-0.2, -0.15) is 0 Å². The summed E-state index contributed by atoms with van der Waals surface area (Å²) in [7, 11) is 0. The Morgan fingerprint density at radius 1 is 1.53 bits per heavy atom. The Balaban J connectivity index is 3.50. The Morgan fingerprint density at radius 2 is 2.07 bits per heavy atom. The standard InChI is InChI=1S/C10H12ClNO3/c1-5-7(10(2,3)11)4-6(9(14)15)8(13)12-5/h4H,1-3H3,(H,12,13)(H,14,15). The number of hydrogen-bond donors (Lipinski definition) is 2. The number of pyridine rings is 1. The van der Waals surface area contributed by atoms with Gasteiger partial charge in [-0.1, -0.05) is 0 Å². The number of nitrogens with one attached hydrogen (secondary N) is 1. The second kappa shape index (κ2) is 3.70. The number of halogens is 1. The second-order valence-electron chi connectivity index (χ2n) is 3.83. The summed E-state index contributed by atoms with van der Waals surface area (Å²) in [6.45, 7) is 5.16. The first kappa shape index (κ1) is 11.8. The Hall–Kier alpha value is -1.29. The fourth-order valence-electron chi connectivity index (χ4n) is 1.40. The quantitative estimate of drug-likeness (QED) is 0.761. The Labute approximate surface area is 91.9 Å². The molecule has 82 valence electrons. The SMILES string of the molecule is Cc1[nH]c(=O)c(C(=O)O)cc1C(C)(C)Cl. The van der Waals surface area contributed by atoms with E-state index in [4.69, 9.17) is 16.7 Å². The van der Waals surface area contributed by atoms with Crippen molar-refractivity contribution in [3.63, 3.8) is 0 Å². The van der Waals surface area contributed by atoms with Gasteiger partial charge in [0.2, 0.25) is 0 Å². The molecule has 0 bridgehead atoms. The monoisotopic (exact) mass is 229 g/mol. The number of alkyl halides is 1. The molecule has 0 saturated heterocycles. The summed E-state index contributed by atoms with van der Waals surface area (Å²) in [5.41, 5.74) is 0.306. The second-order valence-corrected chi connectivity index (χ2v) is 4.77. The van der Waals surface area contributed by atoms with Gasteiger partial charge < -0.3 is 10.1 Å². The highest BCUT2D eigenvalue weighted by Crippen LogP contribution is 2.29. The third-order valence-electron chi connectivity index (χ3n) is 2.11. The van der Waals surface area contributed by atoms with E-state index in [1.54, 1.807) is 20.8 Å². The highest BCUT2D eigenvalue weighted by atomic mass is 35.5. The fraction of sp³-hybridized carbons (Fsp3) is 0.400. The van der Waals surface area contributed by atoms with Crippen molar-refractivity contribution in [1.29, 1.82) is 0 Å². The summed E-state index contributed by atoms with van der Waals surface area (Å²) >= 11 is 6.08. The molecule has 1 heterocycles. The van der Waals surface area contributed by atoms with E-state index in [2.05, 4.69) is 4.98 Å². The van der Waals surface area contributed by atoms with Gasteiger partial charge in [0.25, 0.3) is 5.56 Å². The zero-order valence-electron chi connectivity index (χ0n) is 8.72. The first-order valence-corrected chi connectivity index (χ1v) is 4.78. The van der Waals surface area contributed by atoms with Crippen LogP contribution in [-0.2, 0) is 4.87 Å². The van der Waals surface area contributed by atoms with Crippen molar-refractivity contribution in [3.8, 4) is 0 Å². The molecule has 1 rings (SSSR count). The normalized spacial score (nSPS) is 11.5. The summed E-state index contributed by atoms with van der Waals surface area (Å²) in [6.07, 6.45) is 0. The molecule has 0 aliphatic heterocycles. The van der Waals surface area contributed by atoms with Crippen LogP contribution in [-0.4, -0.2) is 16.1 Å². The van der Waals surface area contributed by atoms with Gasteiger partial charge >= 0.3 is 5.97 Å². The van der Waals surface area contributed by atoms with Crippen molar-refractivity contribution in [3.05, 3.63) is 33.2 Å². The Morgan fingerprint density at radius 3 is 2.47 bits per heavy atom. The van der Waals surface area contributed by atoms with E-state index in [1.807, 2.05) is 0 Å². The van der Waals surface area contributed by atoms with Gasteiger partial charge in [0.15, 0.2) is 0 Å². The molecule has 4 nitrogen and oxygen atoms in total. The molecule has 0 fully saturated rings. The van der Waals surface area contributed by atoms with Crippen molar-refractivity contribution >= 4 is 17.6 Å². The molecule has 2 N–H and O–H groups in total. The van der Waals surface area contributed by atoms with Crippen LogP contribution in [0.4, 0.5) is 0 Å². The molecule has 0 radical (unpaired) electrons. The number of aromatic nitrogens is 1. The molecule has 5 heteroatoms. The number of carbonyl (C=O) groups is 1. The summed E-state index contributed by atoms with van der Waals surface area (Å²) in [6, 6.07) is 1.32. The van der Waals surface area contributed by atoms with Crippen molar-refractivity contribution < 1.29 is 9.90 Å². The van der Waals surface area contributed by atoms with Crippen molar-refractivity contribution in [2.45, 2.75) is 25.6 Å². The summed E-state index contributed by atoms with van der Waals surface area (Å²) in [5.74, 6) is -1.25. The number of carboxylic acids is 1. The van der Waals surface area contributed by atoms with Gasteiger partial charge in [0.1, 0.15) is 5.56 Å². The van der Waals surface area contributed by atoms with E-state index >= 15 is 0 Å². The van der Waals surface area contributed by atoms with Crippen LogP contribution in [0.2, 0.25) is 0 Å². The van der Waals surface area contributed by atoms with Gasteiger partial charge in [-0.05, 0) is 32.4 Å². The first-order valence-electron chi connectivity index (χ1n) is 4.40. The van der Waals surface area contributed by atoms with Crippen LogP contribution < -0.4 is 5.56 Å². The zero-order valence-corrected chi connectivity index (χ0v) is 9.47. The molecule has 0 atom stereocenters. The van der Waals surface area contributed by atoms with Crippen LogP contribution in [0.1, 0.15) is 35.5 Å². The maximum Gasteiger partial charge on any atom is 0.341 e. The molecule has 0 amide bonds. The molecule has 15 heavy (non-hydrogen) atoms. The summed E-state index contributed by atoms with van der Waals surface area (Å²) < 4.78 is 0. The smallest absolute Gasteiger partial charge is 0.341 e. The average Bonchev–Trinajstić information content (AvgIpc) is 2.00. The first-order chi connectivity index (χ1) is 6.73. The van der Waals surface area contributed by atoms with Crippen molar-refractivity contribution in [2.75, 3.05) is 0 Å². The molecule has 0 aromatic carbocycles. The highest BCUT2D eigenvalue weighted by molar-refractivity contribution is 6.23. The molecule has 1 aromatic heterocycles. The van der Waals surface area contributed by atoms with Gasteiger partial charge in [-0.3, -0.25) is 4.79 Å². The minimum Gasteiger partial charge on any atom is -0.477 e. The van der Waals surface area contributed by atoms with E-state index < -0.39 is 16.4 Å². The van der Waals surface area contributed by atoms with Crippen LogP contribution in [0.25, 0.3) is 0 Å². The number of H-pyrrole nitrogens is 1. The number of rotatable bonds is 2. The molecule has 0 aliphatic carbocycles. The largest absolute Gasteiger partial charge is 0.477 e. The van der Waals surface area contributed by atoms with Gasteiger partial charge in [-0.15, -0.1) is 11.6 Å². The van der Waals surface area contributed by atoms with Crippen molar-refractivity contribution in [1.82, 2.24) is 4.98 Å². The topological polar surface area (TPSA) is 70.2 Å². The van der Waals surface area contributed by atoms with E-state index in [1.165, 1.54) is 6.07 Å². The lowest BCUT2D eigenvalue weighted by Gasteiger charge is -2.18. The third kappa shape index (κ3) is 2.39. The number of aromatic amines is 1. The molecular formula is C10H12ClNO3. The molecule has 0 aliphatic rings. The maximum atomic E-state index is 11.3. The summed E-state index contributed by atoms with van der Waals surface area (Å²) in [5, 5.41) is 8.78. The minimum absolute atomic E-state index is 0.288. The van der Waals surface area contributed by atoms with Gasteiger partial charge in [-0.25, -0.2) is 4.79 Å². The molecule has 0 saturated carbocycles. The van der Waals surface area contributed by atoms with Crippen LogP contribution in [0.5, 0.6) is 0 Å². The fourth-order valence-corrected chi connectivity index (χ4v) is 1.60. The van der Waals surface area contributed by atoms with E-state index in [0.717, 1.165) is 0 Å². The molecular weight excluding hydrogens is 218 g/mol. The van der Waals surface area contributed by atoms with Gasteiger partial charge in [0, 0.05) is 5.69 Å². The van der Waals surface area contributed by atoms with Crippen molar-refractivity contribution in [2.24, 2.45) is 0 Å². The number of aryl methyl sites for hydroxylation is 1. The Kier molecular flexibility index (Phi) is 2.90. The van der Waals surface area contributed by atoms with Crippen LogP contribution in [0.3, 0.4) is 0 Å². The number of hydrogen-bond acceptors (Lipinski definition) is 2. The van der Waals surface area contributed by atoms with E-state index in [0.29, 0.717) is 11.3 Å². The lowest BCUT2D eigenvalue weighted by atomic mass is 9.99. The lowest BCUT2D eigenvalue weighted by Crippen LogP contribution is -2.22. The molecule has 1 aromatic rings. The van der Waals surface area contributed by atoms with Crippen LogP contribution in [0, 0.1) is 6.92 Å². The van der Waals surface area contributed by atoms with E-state index in [9.17, 15) is 9.59 Å². The average molecular weight is 230 g/mol. The maximum absolute atomic E-state index is 11.3. The highest BCUT2D eigenvalue weighted by Gasteiger charge is 2.22.